The number of hydrogen-bond donors (Lipinski definition) is 1. The molecular formula is C17H26F2N2. The third-order valence-corrected chi connectivity index (χ3v) is 4.48. The van der Waals surface area contributed by atoms with E-state index in [1.54, 1.807) is 0 Å². The predicted molar refractivity (Wildman–Crippen MR) is 83.6 cm³/mol. The van der Waals surface area contributed by atoms with Gasteiger partial charge in [0.25, 0.3) is 0 Å². The van der Waals surface area contributed by atoms with Gasteiger partial charge < -0.3 is 10.6 Å². The minimum absolute atomic E-state index is 0.0481. The van der Waals surface area contributed by atoms with Crippen molar-refractivity contribution in [3.8, 4) is 0 Å². The molecule has 1 aliphatic heterocycles. The molecule has 21 heavy (non-hydrogen) atoms. The van der Waals surface area contributed by atoms with E-state index in [9.17, 15) is 8.78 Å². The third kappa shape index (κ3) is 3.73. The smallest absolute Gasteiger partial charge is 0.149 e. The molecule has 1 fully saturated rings. The summed E-state index contributed by atoms with van der Waals surface area (Å²) in [6.45, 7) is 4.79. The van der Waals surface area contributed by atoms with E-state index >= 15 is 0 Å². The Bertz CT molecular complexity index is 453. The molecule has 1 heterocycles. The molecule has 118 valence electrons. The van der Waals surface area contributed by atoms with Gasteiger partial charge in [0.2, 0.25) is 0 Å². The number of piperidine rings is 1. The molecule has 0 saturated carbocycles. The Hall–Kier alpha value is -1.16. The lowest BCUT2D eigenvalue weighted by Crippen LogP contribution is -2.40. The SMILES string of the molecule is CCC(N)Cc1cc(F)c(N2CCCCC2CC)c(F)c1. The van der Waals surface area contributed by atoms with Crippen LogP contribution in [0.3, 0.4) is 0 Å². The van der Waals surface area contributed by atoms with Gasteiger partial charge in [0.05, 0.1) is 0 Å². The Labute approximate surface area is 126 Å². The zero-order chi connectivity index (χ0) is 15.4. The van der Waals surface area contributed by atoms with Crippen molar-refractivity contribution in [2.75, 3.05) is 11.4 Å². The van der Waals surface area contributed by atoms with Crippen molar-refractivity contribution in [3.63, 3.8) is 0 Å². The van der Waals surface area contributed by atoms with E-state index in [0.717, 1.165) is 38.6 Å². The standard InChI is InChI=1S/C17H26F2N2/c1-3-13(20)9-12-10-15(18)17(16(19)11-12)21-8-6-5-7-14(21)4-2/h10-11,13-14H,3-9,20H2,1-2H3. The van der Waals surface area contributed by atoms with E-state index in [1.807, 2.05) is 11.8 Å². The second-order valence-electron chi connectivity index (χ2n) is 6.03. The summed E-state index contributed by atoms with van der Waals surface area (Å²) in [5, 5.41) is 0. The molecule has 0 aromatic heterocycles. The second kappa shape index (κ2) is 7.21. The summed E-state index contributed by atoms with van der Waals surface area (Å²) in [6, 6.07) is 3.10. The summed E-state index contributed by atoms with van der Waals surface area (Å²) >= 11 is 0. The molecule has 0 amide bonds. The molecular weight excluding hydrogens is 270 g/mol. The predicted octanol–water partition coefficient (Wildman–Crippen LogP) is 4.01. The zero-order valence-electron chi connectivity index (χ0n) is 13.0. The van der Waals surface area contributed by atoms with Gasteiger partial charge in [0, 0.05) is 18.6 Å². The normalized spacial score (nSPS) is 20.6. The van der Waals surface area contributed by atoms with Crippen LogP contribution in [0.1, 0.15) is 51.5 Å². The Morgan fingerprint density at radius 3 is 2.48 bits per heavy atom. The molecule has 2 unspecified atom stereocenters. The maximum absolute atomic E-state index is 14.4. The monoisotopic (exact) mass is 296 g/mol. The first-order valence-corrected chi connectivity index (χ1v) is 8.06. The third-order valence-electron chi connectivity index (χ3n) is 4.48. The summed E-state index contributed by atoms with van der Waals surface area (Å²) in [7, 11) is 0. The molecule has 4 heteroatoms. The van der Waals surface area contributed by atoms with Gasteiger partial charge in [-0.3, -0.25) is 0 Å². The van der Waals surface area contributed by atoms with Crippen molar-refractivity contribution in [2.45, 2.75) is 64.5 Å². The highest BCUT2D eigenvalue weighted by molar-refractivity contribution is 5.52. The summed E-state index contributed by atoms with van der Waals surface area (Å²) < 4.78 is 28.9. The minimum Gasteiger partial charge on any atom is -0.364 e. The Balaban J connectivity index is 2.27. The number of nitrogens with two attached hydrogens (primary N) is 1. The first-order chi connectivity index (χ1) is 10.1. The Morgan fingerprint density at radius 2 is 1.90 bits per heavy atom. The highest BCUT2D eigenvalue weighted by atomic mass is 19.1. The second-order valence-corrected chi connectivity index (χ2v) is 6.03. The summed E-state index contributed by atoms with van der Waals surface area (Å²) in [6.07, 6.45) is 5.38. The molecule has 0 spiro atoms. The van der Waals surface area contributed by atoms with Crippen LogP contribution in [0.2, 0.25) is 0 Å². The van der Waals surface area contributed by atoms with Crippen LogP contribution in [-0.4, -0.2) is 18.6 Å². The van der Waals surface area contributed by atoms with Crippen molar-refractivity contribution in [3.05, 3.63) is 29.3 Å². The van der Waals surface area contributed by atoms with E-state index in [1.165, 1.54) is 12.1 Å². The highest BCUT2D eigenvalue weighted by Crippen LogP contribution is 2.32. The lowest BCUT2D eigenvalue weighted by atomic mass is 9.98. The lowest BCUT2D eigenvalue weighted by Gasteiger charge is -2.37. The summed E-state index contributed by atoms with van der Waals surface area (Å²) in [4.78, 5) is 1.91. The van der Waals surface area contributed by atoms with Crippen LogP contribution in [0, 0.1) is 11.6 Å². The van der Waals surface area contributed by atoms with E-state index in [-0.39, 0.29) is 17.8 Å². The van der Waals surface area contributed by atoms with Gasteiger partial charge in [0.1, 0.15) is 17.3 Å². The van der Waals surface area contributed by atoms with Gasteiger partial charge in [-0.15, -0.1) is 0 Å². The molecule has 2 atom stereocenters. The van der Waals surface area contributed by atoms with Gasteiger partial charge in [-0.2, -0.15) is 0 Å². The molecule has 2 nitrogen and oxygen atoms in total. The first kappa shape index (κ1) is 16.2. The van der Waals surface area contributed by atoms with Crippen LogP contribution < -0.4 is 10.6 Å². The number of benzene rings is 1. The van der Waals surface area contributed by atoms with Crippen molar-refractivity contribution < 1.29 is 8.78 Å². The van der Waals surface area contributed by atoms with E-state index < -0.39 is 11.6 Å². The topological polar surface area (TPSA) is 29.3 Å². The quantitative estimate of drug-likeness (QED) is 0.889. The van der Waals surface area contributed by atoms with Gasteiger partial charge in [-0.1, -0.05) is 13.8 Å². The van der Waals surface area contributed by atoms with Crippen LogP contribution in [0.5, 0.6) is 0 Å². The molecule has 0 bridgehead atoms. The van der Waals surface area contributed by atoms with Gasteiger partial charge in [-0.25, -0.2) is 8.78 Å². The molecule has 2 N–H and O–H groups in total. The molecule has 1 aromatic carbocycles. The first-order valence-electron chi connectivity index (χ1n) is 8.06. The van der Waals surface area contributed by atoms with Crippen LogP contribution in [0.4, 0.5) is 14.5 Å². The van der Waals surface area contributed by atoms with Crippen molar-refractivity contribution in [2.24, 2.45) is 5.73 Å². The number of hydrogen-bond acceptors (Lipinski definition) is 2. The Kier molecular flexibility index (Phi) is 5.57. The molecule has 1 aliphatic rings. The number of nitrogens with zero attached hydrogens (tertiary/aromatic N) is 1. The number of halogens is 2. The maximum Gasteiger partial charge on any atom is 0.149 e. The lowest BCUT2D eigenvalue weighted by molar-refractivity contribution is 0.434. The summed E-state index contributed by atoms with van der Waals surface area (Å²) in [5.74, 6) is -0.901. The van der Waals surface area contributed by atoms with Crippen molar-refractivity contribution in [1.29, 1.82) is 0 Å². The van der Waals surface area contributed by atoms with Crippen LogP contribution in [-0.2, 0) is 6.42 Å². The van der Waals surface area contributed by atoms with E-state index in [2.05, 4.69) is 6.92 Å². The maximum atomic E-state index is 14.4. The minimum atomic E-state index is -0.450. The van der Waals surface area contributed by atoms with E-state index in [0.29, 0.717) is 12.0 Å². The average Bonchev–Trinajstić information content (AvgIpc) is 2.47. The fourth-order valence-electron chi connectivity index (χ4n) is 3.18. The molecule has 0 aliphatic carbocycles. The van der Waals surface area contributed by atoms with Crippen LogP contribution in [0.15, 0.2) is 12.1 Å². The molecule has 0 radical (unpaired) electrons. The van der Waals surface area contributed by atoms with Crippen molar-refractivity contribution >= 4 is 5.69 Å². The van der Waals surface area contributed by atoms with Gasteiger partial charge in [0.15, 0.2) is 0 Å². The van der Waals surface area contributed by atoms with Crippen LogP contribution in [0.25, 0.3) is 0 Å². The molecule has 1 aromatic rings. The van der Waals surface area contributed by atoms with Gasteiger partial charge in [-0.05, 0) is 56.2 Å². The van der Waals surface area contributed by atoms with E-state index in [4.69, 9.17) is 5.73 Å². The Morgan fingerprint density at radius 1 is 1.24 bits per heavy atom. The molecule has 2 rings (SSSR count). The fraction of sp³-hybridized carbons (Fsp3) is 0.647. The highest BCUT2D eigenvalue weighted by Gasteiger charge is 2.26. The number of rotatable bonds is 5. The van der Waals surface area contributed by atoms with Gasteiger partial charge >= 0.3 is 0 Å². The average molecular weight is 296 g/mol. The van der Waals surface area contributed by atoms with Crippen molar-refractivity contribution in [1.82, 2.24) is 0 Å². The number of anilines is 1. The zero-order valence-corrected chi connectivity index (χ0v) is 13.0. The molecule has 1 saturated heterocycles. The van der Waals surface area contributed by atoms with Crippen LogP contribution >= 0.6 is 0 Å². The largest absolute Gasteiger partial charge is 0.364 e. The fourth-order valence-corrected chi connectivity index (χ4v) is 3.18. The summed E-state index contributed by atoms with van der Waals surface area (Å²) in [5.41, 5.74) is 6.67.